The molecule has 23 heavy (non-hydrogen) atoms. The van der Waals surface area contributed by atoms with Gasteiger partial charge in [-0.2, -0.15) is 13.2 Å². The second-order valence-electron chi connectivity index (χ2n) is 4.82. The van der Waals surface area contributed by atoms with Crippen LogP contribution < -0.4 is 15.2 Å². The molecular formula is C14H16F3N3OS2. The molecule has 4 nitrogen and oxygen atoms in total. The molecule has 1 unspecified atom stereocenters. The highest BCUT2D eigenvalue weighted by molar-refractivity contribution is 8.45. The van der Waals surface area contributed by atoms with Crippen LogP contribution in [0.3, 0.4) is 0 Å². The van der Waals surface area contributed by atoms with Gasteiger partial charge in [-0.25, -0.2) is 4.99 Å². The highest BCUT2D eigenvalue weighted by Crippen LogP contribution is 2.51. The van der Waals surface area contributed by atoms with Crippen molar-refractivity contribution >= 4 is 33.1 Å². The minimum atomic E-state index is -4.49. The Morgan fingerprint density at radius 2 is 2.09 bits per heavy atom. The van der Waals surface area contributed by atoms with Crippen LogP contribution in [0.2, 0.25) is 0 Å². The van der Waals surface area contributed by atoms with Gasteiger partial charge >= 0.3 is 6.18 Å². The van der Waals surface area contributed by atoms with Crippen molar-refractivity contribution in [2.75, 3.05) is 12.9 Å². The molecule has 0 amide bonds. The number of rotatable bonds is 5. The number of thiocarbonyl (C=S) groups is 1. The SMILES string of the molecule is COc1ccccc1CCS1(NC(N)=S)C=NC(C(F)(F)F)=C1. The van der Waals surface area contributed by atoms with Crippen LogP contribution in [0.1, 0.15) is 5.56 Å². The van der Waals surface area contributed by atoms with E-state index in [1.165, 1.54) is 5.55 Å². The van der Waals surface area contributed by atoms with Crippen LogP contribution in [0.4, 0.5) is 13.2 Å². The third-order valence-electron chi connectivity index (χ3n) is 3.18. The topological polar surface area (TPSA) is 59.6 Å². The first-order valence-electron chi connectivity index (χ1n) is 6.59. The van der Waals surface area contributed by atoms with Gasteiger partial charge in [-0.05, 0) is 30.3 Å². The van der Waals surface area contributed by atoms with Gasteiger partial charge in [0.25, 0.3) is 0 Å². The third-order valence-corrected chi connectivity index (χ3v) is 6.02. The van der Waals surface area contributed by atoms with Gasteiger partial charge in [0.05, 0.1) is 12.7 Å². The predicted octanol–water partition coefficient (Wildman–Crippen LogP) is 3.24. The lowest BCUT2D eigenvalue weighted by Gasteiger charge is -2.31. The lowest BCUT2D eigenvalue weighted by atomic mass is 10.1. The summed E-state index contributed by atoms with van der Waals surface area (Å²) in [6, 6.07) is 7.35. The van der Waals surface area contributed by atoms with Crippen LogP contribution in [-0.4, -0.2) is 29.7 Å². The van der Waals surface area contributed by atoms with Crippen LogP contribution >= 0.6 is 22.4 Å². The Balaban J connectivity index is 2.23. The molecule has 0 bridgehead atoms. The van der Waals surface area contributed by atoms with Gasteiger partial charge in [0, 0.05) is 11.2 Å². The zero-order valence-electron chi connectivity index (χ0n) is 12.3. The minimum Gasteiger partial charge on any atom is -0.496 e. The third kappa shape index (κ3) is 4.38. The molecular weight excluding hydrogens is 347 g/mol. The molecule has 0 radical (unpaired) electrons. The number of aliphatic imine (C=N–C) groups is 1. The van der Waals surface area contributed by atoms with E-state index >= 15 is 0 Å². The Labute approximate surface area is 139 Å². The summed E-state index contributed by atoms with van der Waals surface area (Å²) in [6.07, 6.45) is -3.99. The normalized spacial score (nSPS) is 23.0. The number of hydrogen-bond donors (Lipinski definition) is 2. The molecule has 3 N–H and O–H groups in total. The minimum absolute atomic E-state index is 0.0499. The highest BCUT2D eigenvalue weighted by atomic mass is 32.3. The number of alkyl halides is 3. The number of halogens is 3. The molecule has 1 aromatic carbocycles. The number of nitrogens with zero attached hydrogens (tertiary/aromatic N) is 1. The summed E-state index contributed by atoms with van der Waals surface area (Å²) < 4.78 is 46.6. The summed E-state index contributed by atoms with van der Waals surface area (Å²) in [6.45, 7) is 0. The standard InChI is InChI=1S/C14H16F3N3OS2/c1-21-11-5-3-2-4-10(11)6-7-23(20-13(18)22)8-12(19-9-23)14(15,16)17/h2-5,8-9H,6-7H2,1H3,(H3,18,20,22). The Morgan fingerprint density at radius 1 is 1.39 bits per heavy atom. The van der Waals surface area contributed by atoms with Gasteiger partial charge in [-0.15, -0.1) is 10.2 Å². The molecule has 1 atom stereocenters. The molecule has 0 saturated heterocycles. The van der Waals surface area contributed by atoms with Crippen molar-refractivity contribution in [3.05, 3.63) is 40.9 Å². The number of nitrogens with one attached hydrogen (secondary N) is 1. The molecule has 0 aromatic heterocycles. The predicted molar refractivity (Wildman–Crippen MR) is 91.7 cm³/mol. The molecule has 1 aliphatic heterocycles. The second kappa shape index (κ2) is 6.79. The van der Waals surface area contributed by atoms with Gasteiger partial charge < -0.3 is 15.2 Å². The van der Waals surface area contributed by atoms with Gasteiger partial charge in [-0.1, -0.05) is 18.2 Å². The van der Waals surface area contributed by atoms with Gasteiger partial charge in [0.15, 0.2) is 10.8 Å². The zero-order chi connectivity index (χ0) is 17.1. The molecule has 1 aliphatic rings. The Kier molecular flexibility index (Phi) is 5.20. The fraction of sp³-hybridized carbons (Fsp3) is 0.286. The van der Waals surface area contributed by atoms with E-state index < -0.39 is 22.1 Å². The van der Waals surface area contributed by atoms with Crippen LogP contribution in [-0.2, 0) is 6.42 Å². The maximum Gasteiger partial charge on any atom is 0.433 e. The van der Waals surface area contributed by atoms with Gasteiger partial charge in [0.1, 0.15) is 5.75 Å². The van der Waals surface area contributed by atoms with E-state index in [0.29, 0.717) is 17.9 Å². The number of nitrogens with two attached hydrogens (primary N) is 1. The van der Waals surface area contributed by atoms with Crippen LogP contribution in [0.15, 0.2) is 40.4 Å². The number of aryl methyl sites for hydroxylation is 1. The maximum atomic E-state index is 12.8. The maximum absolute atomic E-state index is 12.8. The first-order chi connectivity index (χ1) is 10.8. The number of methoxy groups -OCH3 is 1. The summed E-state index contributed by atoms with van der Waals surface area (Å²) in [5, 5.41) is 1.05. The van der Waals surface area contributed by atoms with Crippen molar-refractivity contribution in [2.24, 2.45) is 10.7 Å². The Hall–Kier alpha value is -1.74. The van der Waals surface area contributed by atoms with Crippen molar-refractivity contribution in [3.63, 3.8) is 0 Å². The molecule has 126 valence electrons. The number of para-hydroxylation sites is 1. The lowest BCUT2D eigenvalue weighted by Crippen LogP contribution is -2.33. The molecule has 0 spiro atoms. The van der Waals surface area contributed by atoms with Crippen LogP contribution in [0.25, 0.3) is 0 Å². The molecule has 0 fully saturated rings. The fourth-order valence-electron chi connectivity index (χ4n) is 2.14. The molecule has 1 heterocycles. The van der Waals surface area contributed by atoms with Crippen molar-refractivity contribution < 1.29 is 17.9 Å². The average Bonchev–Trinajstić information content (AvgIpc) is 2.89. The van der Waals surface area contributed by atoms with E-state index in [-0.39, 0.29) is 5.11 Å². The quantitative estimate of drug-likeness (QED) is 0.789. The van der Waals surface area contributed by atoms with Crippen LogP contribution in [0.5, 0.6) is 5.75 Å². The van der Waals surface area contributed by atoms with E-state index in [4.69, 9.17) is 22.7 Å². The van der Waals surface area contributed by atoms with E-state index in [1.54, 1.807) is 13.2 Å². The Morgan fingerprint density at radius 3 is 2.65 bits per heavy atom. The van der Waals surface area contributed by atoms with Crippen molar-refractivity contribution in [1.82, 2.24) is 4.72 Å². The largest absolute Gasteiger partial charge is 0.496 e. The second-order valence-corrected chi connectivity index (χ2v) is 8.01. The van der Waals surface area contributed by atoms with E-state index in [0.717, 1.165) is 11.0 Å². The number of ether oxygens (including phenoxy) is 1. The van der Waals surface area contributed by atoms with Crippen molar-refractivity contribution in [1.29, 1.82) is 0 Å². The lowest BCUT2D eigenvalue weighted by molar-refractivity contribution is -0.0919. The summed E-state index contributed by atoms with van der Waals surface area (Å²) in [5.41, 5.74) is 6.74. The van der Waals surface area contributed by atoms with Gasteiger partial charge in [-0.3, -0.25) is 0 Å². The Bertz CT molecular complexity index is 661. The summed E-state index contributed by atoms with van der Waals surface area (Å²) in [4.78, 5) is 3.51. The first kappa shape index (κ1) is 17.6. The molecule has 0 saturated carbocycles. The van der Waals surface area contributed by atoms with E-state index in [1.807, 2.05) is 18.2 Å². The molecule has 9 heteroatoms. The first-order valence-corrected chi connectivity index (χ1v) is 8.92. The van der Waals surface area contributed by atoms with E-state index in [2.05, 4.69) is 9.71 Å². The number of allylic oxidation sites excluding steroid dienone is 1. The number of benzene rings is 1. The molecule has 0 aliphatic carbocycles. The molecule has 1 aromatic rings. The smallest absolute Gasteiger partial charge is 0.433 e. The average molecular weight is 363 g/mol. The molecule has 2 rings (SSSR count). The van der Waals surface area contributed by atoms with E-state index in [9.17, 15) is 13.2 Å². The summed E-state index contributed by atoms with van der Waals surface area (Å²) in [5.74, 6) is 1.07. The fourth-order valence-corrected chi connectivity index (χ4v) is 4.94. The van der Waals surface area contributed by atoms with Crippen molar-refractivity contribution in [2.45, 2.75) is 12.6 Å². The van der Waals surface area contributed by atoms with Gasteiger partial charge in [0.2, 0.25) is 0 Å². The number of hydrogen-bond acceptors (Lipinski definition) is 3. The summed E-state index contributed by atoms with van der Waals surface area (Å²) in [7, 11) is -0.612. The van der Waals surface area contributed by atoms with Crippen LogP contribution in [0, 0.1) is 0 Å². The summed E-state index contributed by atoms with van der Waals surface area (Å²) >= 11 is 4.81. The highest BCUT2D eigenvalue weighted by Gasteiger charge is 2.39. The zero-order valence-corrected chi connectivity index (χ0v) is 13.9. The van der Waals surface area contributed by atoms with Crippen molar-refractivity contribution in [3.8, 4) is 5.75 Å². The monoisotopic (exact) mass is 363 g/mol.